The van der Waals surface area contributed by atoms with E-state index >= 15 is 0 Å². The molecule has 0 bridgehead atoms. The van der Waals surface area contributed by atoms with Crippen LogP contribution >= 0.6 is 15.9 Å². The Kier molecular flexibility index (Phi) is 6.58. The summed E-state index contributed by atoms with van der Waals surface area (Å²) in [6, 6.07) is 6.40. The van der Waals surface area contributed by atoms with Gasteiger partial charge in [0.25, 0.3) is 0 Å². The van der Waals surface area contributed by atoms with E-state index in [0.29, 0.717) is 52.1 Å². The van der Waals surface area contributed by atoms with Gasteiger partial charge in [0.15, 0.2) is 11.5 Å². The molecule has 11 heteroatoms. The van der Waals surface area contributed by atoms with Gasteiger partial charge in [-0.1, -0.05) is 6.07 Å². The van der Waals surface area contributed by atoms with Crippen LogP contribution in [-0.2, 0) is 11.2 Å². The Balaban J connectivity index is 1.20. The van der Waals surface area contributed by atoms with E-state index in [2.05, 4.69) is 41.6 Å². The molecular formula is C26H26BrF2N7O. The second-order valence-electron chi connectivity index (χ2n) is 9.93. The van der Waals surface area contributed by atoms with E-state index in [1.54, 1.807) is 23.1 Å². The summed E-state index contributed by atoms with van der Waals surface area (Å²) in [5.41, 5.74) is 1.42. The molecule has 3 aromatic heterocycles. The predicted octanol–water partition coefficient (Wildman–Crippen LogP) is 4.04. The van der Waals surface area contributed by atoms with E-state index in [9.17, 15) is 13.6 Å². The molecular weight excluding hydrogens is 544 g/mol. The van der Waals surface area contributed by atoms with Gasteiger partial charge in [-0.15, -0.1) is 0 Å². The summed E-state index contributed by atoms with van der Waals surface area (Å²) in [7, 11) is 0. The molecule has 4 atom stereocenters. The molecule has 6 rings (SSSR count). The summed E-state index contributed by atoms with van der Waals surface area (Å²) in [4.78, 5) is 26.2. The fourth-order valence-electron chi connectivity index (χ4n) is 5.48. The van der Waals surface area contributed by atoms with Crippen LogP contribution in [0.25, 0.3) is 27.6 Å². The molecule has 8 nitrogen and oxygen atoms in total. The molecule has 37 heavy (non-hydrogen) atoms. The van der Waals surface area contributed by atoms with Crippen LogP contribution in [0.15, 0.2) is 41.3 Å². The molecule has 1 aliphatic heterocycles. The van der Waals surface area contributed by atoms with Crippen molar-refractivity contribution in [2.24, 2.45) is 11.8 Å². The highest BCUT2D eigenvalue weighted by Gasteiger charge is 2.34. The molecule has 1 saturated heterocycles. The molecule has 1 amide bonds. The minimum atomic E-state index is -1.05. The molecule has 4 aromatic rings. The molecule has 192 valence electrons. The number of nitrogens with one attached hydrogen (secondary N) is 2. The third-order valence-corrected chi connectivity index (χ3v) is 8.02. The average molecular weight is 570 g/mol. The molecule has 0 unspecified atom stereocenters. The zero-order valence-electron chi connectivity index (χ0n) is 20.0. The Bertz CT molecular complexity index is 1480. The number of amides is 1. The van der Waals surface area contributed by atoms with Crippen LogP contribution in [0.1, 0.15) is 31.5 Å². The maximum absolute atomic E-state index is 14.8. The van der Waals surface area contributed by atoms with Crippen molar-refractivity contribution >= 4 is 43.8 Å². The van der Waals surface area contributed by atoms with Crippen LogP contribution in [0, 0.1) is 17.7 Å². The second-order valence-corrected chi connectivity index (χ2v) is 10.7. The molecule has 1 aromatic carbocycles. The molecule has 2 aliphatic rings. The van der Waals surface area contributed by atoms with E-state index in [-0.39, 0.29) is 24.3 Å². The molecule has 0 spiro atoms. The van der Waals surface area contributed by atoms with Crippen molar-refractivity contribution in [3.63, 3.8) is 0 Å². The lowest BCUT2D eigenvalue weighted by molar-refractivity contribution is -0.126. The molecule has 0 radical (unpaired) electrons. The number of piperidine rings is 1. The first kappa shape index (κ1) is 24.3. The van der Waals surface area contributed by atoms with Crippen molar-refractivity contribution < 1.29 is 13.6 Å². The maximum atomic E-state index is 14.8. The van der Waals surface area contributed by atoms with E-state index in [1.807, 2.05) is 12.1 Å². The Labute approximate surface area is 220 Å². The van der Waals surface area contributed by atoms with Gasteiger partial charge >= 0.3 is 0 Å². The topological polar surface area (TPSA) is 97.6 Å². The van der Waals surface area contributed by atoms with Gasteiger partial charge in [0.1, 0.15) is 22.1 Å². The number of carbonyl (C=O) groups is 1. The summed E-state index contributed by atoms with van der Waals surface area (Å²) < 4.78 is 31.1. The van der Waals surface area contributed by atoms with E-state index in [0.717, 1.165) is 24.6 Å². The summed E-state index contributed by atoms with van der Waals surface area (Å²) >= 11 is 3.47. The van der Waals surface area contributed by atoms with Crippen molar-refractivity contribution in [3.05, 3.63) is 52.9 Å². The van der Waals surface area contributed by atoms with Gasteiger partial charge in [0.2, 0.25) is 5.91 Å². The first-order valence-electron chi connectivity index (χ1n) is 12.6. The van der Waals surface area contributed by atoms with Crippen LogP contribution in [-0.4, -0.2) is 55.9 Å². The highest BCUT2D eigenvalue weighted by atomic mass is 79.9. The lowest BCUT2D eigenvalue weighted by Crippen LogP contribution is -2.51. The van der Waals surface area contributed by atoms with Gasteiger partial charge < -0.3 is 10.6 Å². The van der Waals surface area contributed by atoms with Gasteiger partial charge in [0, 0.05) is 42.7 Å². The number of hydrogen-bond donors (Lipinski definition) is 2. The third-order valence-electron chi connectivity index (χ3n) is 7.44. The molecule has 4 heterocycles. The lowest BCUT2D eigenvalue weighted by atomic mass is 9.99. The number of fused-ring (bicyclic) bond motifs is 2. The number of halogens is 3. The number of rotatable bonds is 5. The average Bonchev–Trinajstić information content (AvgIpc) is 3.50. The quantitative estimate of drug-likeness (QED) is 0.376. The van der Waals surface area contributed by atoms with Crippen LogP contribution in [0.2, 0.25) is 0 Å². The number of carbonyl (C=O) groups excluding carboxylic acids is 1. The molecule has 1 saturated carbocycles. The van der Waals surface area contributed by atoms with Crippen molar-refractivity contribution in [1.29, 1.82) is 0 Å². The first-order chi connectivity index (χ1) is 18.0. The van der Waals surface area contributed by atoms with Gasteiger partial charge in [-0.05, 0) is 66.2 Å². The Morgan fingerprint density at radius 1 is 1.24 bits per heavy atom. The van der Waals surface area contributed by atoms with E-state index < -0.39 is 18.0 Å². The van der Waals surface area contributed by atoms with Crippen LogP contribution in [0.5, 0.6) is 0 Å². The van der Waals surface area contributed by atoms with Crippen molar-refractivity contribution in [2.45, 2.75) is 44.3 Å². The fraction of sp³-hybridized carbons (Fsp3) is 0.423. The van der Waals surface area contributed by atoms with E-state index in [4.69, 9.17) is 4.98 Å². The Morgan fingerprint density at radius 2 is 2.14 bits per heavy atom. The molecule has 2 fully saturated rings. The summed E-state index contributed by atoms with van der Waals surface area (Å²) in [6.07, 6.45) is 5.85. The first-order valence-corrected chi connectivity index (χ1v) is 13.4. The van der Waals surface area contributed by atoms with Crippen molar-refractivity contribution in [3.8, 4) is 5.69 Å². The summed E-state index contributed by atoms with van der Waals surface area (Å²) in [5, 5.41) is 11.9. The van der Waals surface area contributed by atoms with Crippen molar-refractivity contribution in [1.82, 2.24) is 35.4 Å². The number of nitrogens with zero attached hydrogens (tertiary/aromatic N) is 5. The zero-order valence-corrected chi connectivity index (χ0v) is 21.6. The SMILES string of the molecule is O=C(N[C@@H]1CCNC[C@H]1F)[C@@H]1CC[C@@H](Cc2ncc3c(Br)nn(-c4cc(F)c5ncccc5c4)c3n2)C1. The fourth-order valence-corrected chi connectivity index (χ4v) is 5.92. The smallest absolute Gasteiger partial charge is 0.223 e. The monoisotopic (exact) mass is 569 g/mol. The Morgan fingerprint density at radius 3 is 3.00 bits per heavy atom. The Hall–Kier alpha value is -3.05. The van der Waals surface area contributed by atoms with Gasteiger partial charge in [0.05, 0.1) is 17.1 Å². The maximum Gasteiger partial charge on any atom is 0.223 e. The van der Waals surface area contributed by atoms with Crippen LogP contribution < -0.4 is 10.6 Å². The van der Waals surface area contributed by atoms with Gasteiger partial charge in [-0.25, -0.2) is 23.4 Å². The molecule has 2 N–H and O–H groups in total. The highest BCUT2D eigenvalue weighted by molar-refractivity contribution is 9.10. The van der Waals surface area contributed by atoms with Crippen molar-refractivity contribution in [2.75, 3.05) is 13.1 Å². The summed E-state index contributed by atoms with van der Waals surface area (Å²) in [5.74, 6) is 0.303. The molecule has 1 aliphatic carbocycles. The number of alkyl halides is 1. The number of pyridine rings is 1. The van der Waals surface area contributed by atoms with Gasteiger partial charge in [-0.2, -0.15) is 5.10 Å². The van der Waals surface area contributed by atoms with E-state index in [1.165, 1.54) is 6.07 Å². The van der Waals surface area contributed by atoms with Gasteiger partial charge in [-0.3, -0.25) is 9.78 Å². The second kappa shape index (κ2) is 10.0. The zero-order chi connectivity index (χ0) is 25.5. The normalized spacial score (nSPS) is 24.1. The third kappa shape index (κ3) is 4.82. The van der Waals surface area contributed by atoms with Crippen LogP contribution in [0.4, 0.5) is 8.78 Å². The standard InChI is InChI=1S/C26H26BrF2N7O/c27-24-18-12-32-22(9-14-3-4-16(8-14)26(37)33-21-5-7-30-13-20(21)29)34-25(18)36(35-24)17-10-15-2-1-6-31-23(15)19(28)11-17/h1-2,6,10-12,14,16,20-21,30H,3-5,7-9,13H2,(H,33,37)/t14-,16-,20-,21-/m1/s1. The number of hydrogen-bond acceptors (Lipinski definition) is 6. The number of benzene rings is 1. The minimum absolute atomic E-state index is 0.0525. The largest absolute Gasteiger partial charge is 0.350 e. The number of aromatic nitrogens is 5. The predicted molar refractivity (Wildman–Crippen MR) is 138 cm³/mol. The van der Waals surface area contributed by atoms with Crippen LogP contribution in [0.3, 0.4) is 0 Å². The lowest BCUT2D eigenvalue weighted by Gasteiger charge is -2.28. The highest BCUT2D eigenvalue weighted by Crippen LogP contribution is 2.34. The summed E-state index contributed by atoms with van der Waals surface area (Å²) in [6.45, 7) is 1.00. The minimum Gasteiger partial charge on any atom is -0.350 e.